The van der Waals surface area contributed by atoms with Crippen LogP contribution in [0.1, 0.15) is 33.3 Å². The minimum absolute atomic E-state index is 0.0877. The fraction of sp³-hybridized carbons (Fsp3) is 0.500. The highest BCUT2D eigenvalue weighted by molar-refractivity contribution is 5.43. The van der Waals surface area contributed by atoms with Gasteiger partial charge in [0.05, 0.1) is 6.61 Å². The molecule has 0 aliphatic rings. The maximum absolute atomic E-state index is 5.59. The smallest absolute Gasteiger partial charge is 0.162 e. The summed E-state index contributed by atoms with van der Waals surface area (Å²) < 4.78 is 11.0. The van der Waals surface area contributed by atoms with Crippen molar-refractivity contribution in [2.75, 3.05) is 13.2 Å². The zero-order chi connectivity index (χ0) is 14.3. The quantitative estimate of drug-likeness (QED) is 0.799. The first-order chi connectivity index (χ1) is 8.96. The third-order valence-corrected chi connectivity index (χ3v) is 2.44. The maximum atomic E-state index is 5.59. The summed E-state index contributed by atoms with van der Waals surface area (Å²) in [6.45, 7) is 10.0. The van der Waals surface area contributed by atoms with Gasteiger partial charge in [0.25, 0.3) is 0 Å². The molecule has 0 aliphatic heterocycles. The average molecular weight is 261 g/mol. The first-order valence-corrected chi connectivity index (χ1v) is 6.53. The van der Waals surface area contributed by atoms with Crippen LogP contribution in [0.4, 0.5) is 0 Å². The number of rotatable bonds is 6. The molecule has 1 N–H and O–H groups in total. The lowest BCUT2D eigenvalue weighted by Gasteiger charge is -2.21. The summed E-state index contributed by atoms with van der Waals surface area (Å²) in [5.41, 5.74) is 1.25. The molecule has 0 aromatic heterocycles. The number of nitrogens with one attached hydrogen (secondary N) is 1. The fourth-order valence-electron chi connectivity index (χ4n) is 1.54. The molecular formula is C16H23NO2. The number of benzene rings is 1. The second-order valence-electron chi connectivity index (χ2n) is 5.31. The molecule has 3 nitrogen and oxygen atoms in total. The van der Waals surface area contributed by atoms with Crippen molar-refractivity contribution in [2.45, 2.75) is 39.8 Å². The van der Waals surface area contributed by atoms with E-state index in [0.29, 0.717) is 12.4 Å². The topological polar surface area (TPSA) is 30.5 Å². The Morgan fingerprint density at radius 3 is 2.53 bits per heavy atom. The van der Waals surface area contributed by atoms with Gasteiger partial charge in [-0.25, -0.2) is 0 Å². The number of hydrogen-bond donors (Lipinski definition) is 1. The molecule has 0 fully saturated rings. The molecule has 0 heterocycles. The molecule has 1 rings (SSSR count). The van der Waals surface area contributed by atoms with Gasteiger partial charge in [-0.15, -0.1) is 6.42 Å². The van der Waals surface area contributed by atoms with Crippen LogP contribution in [0.2, 0.25) is 0 Å². The third kappa shape index (κ3) is 5.67. The van der Waals surface area contributed by atoms with Crippen LogP contribution in [0.3, 0.4) is 0 Å². The summed E-state index contributed by atoms with van der Waals surface area (Å²) in [5, 5.41) is 3.44. The largest absolute Gasteiger partial charge is 0.490 e. The molecule has 0 spiro atoms. The van der Waals surface area contributed by atoms with Gasteiger partial charge in [-0.05, 0) is 45.4 Å². The Bertz CT molecular complexity index is 441. The summed E-state index contributed by atoms with van der Waals surface area (Å²) in [5.74, 6) is 3.89. The molecule has 0 saturated heterocycles. The van der Waals surface area contributed by atoms with Gasteiger partial charge in [-0.3, -0.25) is 0 Å². The molecule has 1 aromatic rings. The third-order valence-electron chi connectivity index (χ3n) is 2.44. The molecule has 0 atom stereocenters. The van der Waals surface area contributed by atoms with Crippen molar-refractivity contribution >= 4 is 0 Å². The van der Waals surface area contributed by atoms with Gasteiger partial charge in [-0.2, -0.15) is 0 Å². The van der Waals surface area contributed by atoms with Gasteiger partial charge >= 0.3 is 0 Å². The van der Waals surface area contributed by atoms with E-state index >= 15 is 0 Å². The van der Waals surface area contributed by atoms with Crippen molar-refractivity contribution in [1.82, 2.24) is 5.32 Å². The Hall–Kier alpha value is -1.66. The molecule has 19 heavy (non-hydrogen) atoms. The second kappa shape index (κ2) is 7.06. The van der Waals surface area contributed by atoms with Crippen LogP contribution in [0.15, 0.2) is 18.2 Å². The molecule has 0 unspecified atom stereocenters. The Balaban J connectivity index is 2.80. The summed E-state index contributed by atoms with van der Waals surface area (Å²) in [4.78, 5) is 0. The van der Waals surface area contributed by atoms with Crippen LogP contribution in [0, 0.1) is 12.3 Å². The molecule has 0 saturated carbocycles. The number of hydrogen-bond acceptors (Lipinski definition) is 3. The molecule has 0 amide bonds. The molecule has 1 aromatic carbocycles. The van der Waals surface area contributed by atoms with E-state index in [2.05, 4.69) is 32.0 Å². The maximum Gasteiger partial charge on any atom is 0.162 e. The van der Waals surface area contributed by atoms with Gasteiger partial charge in [0.2, 0.25) is 0 Å². The zero-order valence-electron chi connectivity index (χ0n) is 12.2. The lowest BCUT2D eigenvalue weighted by atomic mass is 10.1. The van der Waals surface area contributed by atoms with Crippen LogP contribution < -0.4 is 14.8 Å². The molecule has 104 valence electrons. The lowest BCUT2D eigenvalue weighted by molar-refractivity contribution is 0.298. The Morgan fingerprint density at radius 1 is 1.21 bits per heavy atom. The minimum Gasteiger partial charge on any atom is -0.490 e. The van der Waals surface area contributed by atoms with Gasteiger partial charge < -0.3 is 14.8 Å². The molecule has 0 aliphatic carbocycles. The fourth-order valence-corrected chi connectivity index (χ4v) is 1.54. The van der Waals surface area contributed by atoms with Gasteiger partial charge in [0.1, 0.15) is 6.61 Å². The molecule has 0 bridgehead atoms. The van der Waals surface area contributed by atoms with E-state index < -0.39 is 0 Å². The predicted octanol–water partition coefficient (Wildman–Crippen LogP) is 2.99. The first kappa shape index (κ1) is 15.4. The van der Waals surface area contributed by atoms with Crippen LogP contribution in [-0.2, 0) is 6.54 Å². The van der Waals surface area contributed by atoms with Gasteiger partial charge in [0, 0.05) is 12.1 Å². The normalized spacial score (nSPS) is 10.9. The zero-order valence-corrected chi connectivity index (χ0v) is 12.2. The summed E-state index contributed by atoms with van der Waals surface area (Å²) >= 11 is 0. The highest BCUT2D eigenvalue weighted by atomic mass is 16.5. The van der Waals surface area contributed by atoms with E-state index in [1.165, 1.54) is 0 Å². The lowest BCUT2D eigenvalue weighted by Crippen LogP contribution is -2.35. The van der Waals surface area contributed by atoms with Crippen molar-refractivity contribution in [1.29, 1.82) is 0 Å². The van der Waals surface area contributed by atoms with E-state index in [1.807, 2.05) is 25.1 Å². The van der Waals surface area contributed by atoms with Gasteiger partial charge in [-0.1, -0.05) is 12.0 Å². The minimum atomic E-state index is 0.0877. The van der Waals surface area contributed by atoms with Crippen LogP contribution in [-0.4, -0.2) is 18.8 Å². The standard InChI is InChI=1S/C16H23NO2/c1-6-10-19-14-9-8-13(11-15(14)18-7-2)12-17-16(3,4)5/h1,8-9,11,17H,7,10,12H2,2-5H3. The Morgan fingerprint density at radius 2 is 1.95 bits per heavy atom. The molecular weight excluding hydrogens is 238 g/mol. The van der Waals surface area contributed by atoms with E-state index in [4.69, 9.17) is 15.9 Å². The van der Waals surface area contributed by atoms with E-state index in [0.717, 1.165) is 17.9 Å². The Kier molecular flexibility index (Phi) is 5.72. The molecule has 3 heteroatoms. The van der Waals surface area contributed by atoms with Crippen molar-refractivity contribution in [3.05, 3.63) is 23.8 Å². The number of ether oxygens (including phenoxy) is 2. The van der Waals surface area contributed by atoms with E-state index in [1.54, 1.807) is 0 Å². The average Bonchev–Trinajstić information content (AvgIpc) is 2.35. The van der Waals surface area contributed by atoms with Crippen molar-refractivity contribution < 1.29 is 9.47 Å². The SMILES string of the molecule is C#CCOc1ccc(CNC(C)(C)C)cc1OCC. The van der Waals surface area contributed by atoms with Crippen molar-refractivity contribution in [3.8, 4) is 23.8 Å². The van der Waals surface area contributed by atoms with Gasteiger partial charge in [0.15, 0.2) is 11.5 Å². The van der Waals surface area contributed by atoms with E-state index in [-0.39, 0.29) is 12.1 Å². The highest BCUT2D eigenvalue weighted by Crippen LogP contribution is 2.28. The monoisotopic (exact) mass is 261 g/mol. The second-order valence-corrected chi connectivity index (χ2v) is 5.31. The Labute approximate surface area is 116 Å². The number of terminal acetylenes is 1. The summed E-state index contributed by atoms with van der Waals surface area (Å²) in [6, 6.07) is 5.92. The highest BCUT2D eigenvalue weighted by Gasteiger charge is 2.10. The van der Waals surface area contributed by atoms with Crippen molar-refractivity contribution in [2.24, 2.45) is 0 Å². The summed E-state index contributed by atoms with van der Waals surface area (Å²) in [7, 11) is 0. The van der Waals surface area contributed by atoms with Crippen LogP contribution in [0.25, 0.3) is 0 Å². The van der Waals surface area contributed by atoms with Crippen molar-refractivity contribution in [3.63, 3.8) is 0 Å². The summed E-state index contributed by atoms with van der Waals surface area (Å²) in [6.07, 6.45) is 5.20. The van der Waals surface area contributed by atoms with E-state index in [9.17, 15) is 0 Å². The first-order valence-electron chi connectivity index (χ1n) is 6.53. The predicted molar refractivity (Wildman–Crippen MR) is 78.5 cm³/mol. The molecule has 0 radical (unpaired) electrons. The van der Waals surface area contributed by atoms with Crippen LogP contribution >= 0.6 is 0 Å². The van der Waals surface area contributed by atoms with Crippen LogP contribution in [0.5, 0.6) is 11.5 Å².